The predicted molar refractivity (Wildman–Crippen MR) is 77.5 cm³/mol. The molecule has 0 atom stereocenters. The van der Waals surface area contributed by atoms with Gasteiger partial charge in [-0.1, -0.05) is 0 Å². The van der Waals surface area contributed by atoms with E-state index in [1.807, 2.05) is 0 Å². The SMILES string of the molecule is Cc1ncc(Br)c(=O)n1Cc1cc([N+](=O)[O-])ccc1N. The van der Waals surface area contributed by atoms with Gasteiger partial charge in [-0.3, -0.25) is 19.5 Å². The van der Waals surface area contributed by atoms with Crippen LogP contribution in [-0.2, 0) is 6.54 Å². The highest BCUT2D eigenvalue weighted by Crippen LogP contribution is 2.20. The van der Waals surface area contributed by atoms with Gasteiger partial charge in [-0.15, -0.1) is 0 Å². The zero-order valence-electron chi connectivity index (χ0n) is 10.5. The van der Waals surface area contributed by atoms with Gasteiger partial charge in [0.05, 0.1) is 11.5 Å². The molecule has 2 rings (SSSR count). The van der Waals surface area contributed by atoms with Crippen LogP contribution in [-0.4, -0.2) is 14.5 Å². The van der Waals surface area contributed by atoms with Crippen molar-refractivity contribution in [1.29, 1.82) is 0 Å². The molecule has 0 fully saturated rings. The van der Waals surface area contributed by atoms with E-state index in [2.05, 4.69) is 20.9 Å². The van der Waals surface area contributed by atoms with E-state index in [9.17, 15) is 14.9 Å². The summed E-state index contributed by atoms with van der Waals surface area (Å²) < 4.78 is 1.73. The van der Waals surface area contributed by atoms with Crippen LogP contribution >= 0.6 is 15.9 Å². The summed E-state index contributed by atoms with van der Waals surface area (Å²) in [7, 11) is 0. The first-order chi connectivity index (χ1) is 9.40. The molecule has 0 aliphatic carbocycles. The number of rotatable bonds is 3. The minimum atomic E-state index is -0.502. The minimum absolute atomic E-state index is 0.0668. The molecule has 1 aromatic carbocycles. The smallest absolute Gasteiger partial charge is 0.269 e. The first-order valence-corrected chi connectivity index (χ1v) is 6.44. The molecule has 1 heterocycles. The highest BCUT2D eigenvalue weighted by molar-refractivity contribution is 9.10. The summed E-state index contributed by atoms with van der Waals surface area (Å²) in [5.74, 6) is 0.504. The Balaban J connectivity index is 2.50. The van der Waals surface area contributed by atoms with Crippen molar-refractivity contribution in [3.05, 3.63) is 60.7 Å². The number of aryl methyl sites for hydroxylation is 1. The molecule has 0 radical (unpaired) electrons. The standard InChI is InChI=1S/C12H11BrN4O3/c1-7-15-5-10(13)12(18)16(7)6-8-4-9(17(19)20)2-3-11(8)14/h2-5H,6,14H2,1H3. The molecular weight excluding hydrogens is 328 g/mol. The summed E-state index contributed by atoms with van der Waals surface area (Å²) >= 11 is 3.11. The van der Waals surface area contributed by atoms with E-state index < -0.39 is 4.92 Å². The summed E-state index contributed by atoms with van der Waals surface area (Å²) in [5, 5.41) is 10.8. The fourth-order valence-corrected chi connectivity index (χ4v) is 2.07. The van der Waals surface area contributed by atoms with Gasteiger partial charge < -0.3 is 5.73 Å². The monoisotopic (exact) mass is 338 g/mol. The van der Waals surface area contributed by atoms with Crippen molar-refractivity contribution in [2.24, 2.45) is 0 Å². The van der Waals surface area contributed by atoms with Crippen LogP contribution in [0.5, 0.6) is 0 Å². The summed E-state index contributed by atoms with van der Waals surface area (Å²) in [6.45, 7) is 1.81. The number of anilines is 1. The Bertz CT molecular complexity index is 742. The zero-order valence-corrected chi connectivity index (χ0v) is 12.1. The predicted octanol–water partition coefficient (Wildman–Crippen LogP) is 1.85. The van der Waals surface area contributed by atoms with Gasteiger partial charge >= 0.3 is 0 Å². The van der Waals surface area contributed by atoms with Crippen molar-refractivity contribution < 1.29 is 4.92 Å². The van der Waals surface area contributed by atoms with Crippen molar-refractivity contribution in [2.45, 2.75) is 13.5 Å². The third-order valence-electron chi connectivity index (χ3n) is 2.87. The minimum Gasteiger partial charge on any atom is -0.398 e. The van der Waals surface area contributed by atoms with Gasteiger partial charge in [0, 0.05) is 29.6 Å². The van der Waals surface area contributed by atoms with Crippen molar-refractivity contribution in [3.63, 3.8) is 0 Å². The van der Waals surface area contributed by atoms with E-state index in [4.69, 9.17) is 5.73 Å². The van der Waals surface area contributed by atoms with E-state index in [1.54, 1.807) is 6.92 Å². The highest BCUT2D eigenvalue weighted by Gasteiger charge is 2.12. The van der Waals surface area contributed by atoms with Crippen LogP contribution < -0.4 is 11.3 Å². The lowest BCUT2D eigenvalue weighted by Crippen LogP contribution is -2.25. The van der Waals surface area contributed by atoms with Gasteiger partial charge in [-0.25, -0.2) is 4.98 Å². The number of aromatic nitrogens is 2. The number of nitrogen functional groups attached to an aromatic ring is 1. The van der Waals surface area contributed by atoms with Gasteiger partial charge in [0.1, 0.15) is 10.3 Å². The maximum Gasteiger partial charge on any atom is 0.269 e. The average molecular weight is 339 g/mol. The van der Waals surface area contributed by atoms with E-state index in [-0.39, 0.29) is 17.8 Å². The van der Waals surface area contributed by atoms with Crippen LogP contribution in [0, 0.1) is 17.0 Å². The summed E-state index contributed by atoms with van der Waals surface area (Å²) in [4.78, 5) is 26.4. The number of benzene rings is 1. The summed E-state index contributed by atoms with van der Waals surface area (Å²) in [6, 6.07) is 4.15. The van der Waals surface area contributed by atoms with Crippen LogP contribution in [0.3, 0.4) is 0 Å². The van der Waals surface area contributed by atoms with Crippen LogP contribution in [0.4, 0.5) is 11.4 Å². The molecule has 0 spiro atoms. The first-order valence-electron chi connectivity index (χ1n) is 5.65. The summed E-state index contributed by atoms with van der Waals surface area (Å²) in [6.07, 6.45) is 1.42. The third kappa shape index (κ3) is 2.69. The molecule has 0 saturated carbocycles. The molecule has 0 saturated heterocycles. The fraction of sp³-hybridized carbons (Fsp3) is 0.167. The molecule has 20 heavy (non-hydrogen) atoms. The number of non-ortho nitro benzene ring substituents is 1. The number of hydrogen-bond donors (Lipinski definition) is 1. The lowest BCUT2D eigenvalue weighted by molar-refractivity contribution is -0.384. The molecule has 2 N–H and O–H groups in total. The molecule has 0 unspecified atom stereocenters. The highest BCUT2D eigenvalue weighted by atomic mass is 79.9. The first kappa shape index (κ1) is 14.2. The Hall–Kier alpha value is -2.22. The summed E-state index contributed by atoms with van der Waals surface area (Å²) in [5.41, 5.74) is 6.37. The van der Waals surface area contributed by atoms with Crippen LogP contribution in [0.25, 0.3) is 0 Å². The largest absolute Gasteiger partial charge is 0.398 e. The topological polar surface area (TPSA) is 104 Å². The van der Waals surface area contributed by atoms with E-state index in [1.165, 1.54) is 29.0 Å². The van der Waals surface area contributed by atoms with Crippen LogP contribution in [0.1, 0.15) is 11.4 Å². The molecule has 0 aliphatic heterocycles. The maximum absolute atomic E-state index is 12.0. The van der Waals surface area contributed by atoms with Crippen LogP contribution in [0.15, 0.2) is 33.7 Å². The van der Waals surface area contributed by atoms with Crippen molar-refractivity contribution in [2.75, 3.05) is 5.73 Å². The second-order valence-electron chi connectivity index (χ2n) is 4.18. The Morgan fingerprint density at radius 2 is 2.20 bits per heavy atom. The maximum atomic E-state index is 12.0. The van der Waals surface area contributed by atoms with E-state index in [0.29, 0.717) is 21.5 Å². The molecule has 8 heteroatoms. The Kier molecular flexibility index (Phi) is 3.84. The Labute approximate surface area is 122 Å². The molecule has 7 nitrogen and oxygen atoms in total. The number of hydrogen-bond acceptors (Lipinski definition) is 5. The van der Waals surface area contributed by atoms with Gasteiger partial charge in [0.15, 0.2) is 0 Å². The normalized spacial score (nSPS) is 10.5. The molecule has 0 bridgehead atoms. The van der Waals surface area contributed by atoms with Gasteiger partial charge in [-0.05, 0) is 28.9 Å². The number of nitrogens with zero attached hydrogens (tertiary/aromatic N) is 3. The number of halogens is 1. The Morgan fingerprint density at radius 1 is 1.50 bits per heavy atom. The molecular formula is C12H11BrN4O3. The van der Waals surface area contributed by atoms with Gasteiger partial charge in [0.2, 0.25) is 0 Å². The lowest BCUT2D eigenvalue weighted by atomic mass is 10.1. The van der Waals surface area contributed by atoms with Crippen molar-refractivity contribution in [3.8, 4) is 0 Å². The van der Waals surface area contributed by atoms with Crippen LogP contribution in [0.2, 0.25) is 0 Å². The fourth-order valence-electron chi connectivity index (χ4n) is 1.75. The number of nitrogens with two attached hydrogens (primary N) is 1. The van der Waals surface area contributed by atoms with E-state index >= 15 is 0 Å². The Morgan fingerprint density at radius 3 is 2.85 bits per heavy atom. The molecule has 0 aliphatic rings. The zero-order chi connectivity index (χ0) is 14.9. The lowest BCUT2D eigenvalue weighted by Gasteiger charge is -2.11. The number of nitro groups is 1. The molecule has 2 aromatic rings. The number of nitro benzene ring substituents is 1. The van der Waals surface area contributed by atoms with Crippen molar-refractivity contribution >= 4 is 27.3 Å². The second-order valence-corrected chi connectivity index (χ2v) is 5.04. The second kappa shape index (κ2) is 5.41. The average Bonchev–Trinajstić information content (AvgIpc) is 2.41. The van der Waals surface area contributed by atoms with Gasteiger partial charge in [0.25, 0.3) is 11.2 Å². The quantitative estimate of drug-likeness (QED) is 0.522. The van der Waals surface area contributed by atoms with Crippen molar-refractivity contribution in [1.82, 2.24) is 9.55 Å². The third-order valence-corrected chi connectivity index (χ3v) is 3.41. The van der Waals surface area contributed by atoms with Gasteiger partial charge in [-0.2, -0.15) is 0 Å². The molecule has 1 aromatic heterocycles. The van der Waals surface area contributed by atoms with E-state index in [0.717, 1.165) is 0 Å². The molecule has 0 amide bonds. The molecule has 104 valence electrons.